The Balaban J connectivity index is 2.20. The molecule has 0 heterocycles. The summed E-state index contributed by atoms with van der Waals surface area (Å²) in [5, 5.41) is 0. The highest BCUT2D eigenvalue weighted by atomic mass is 16.1. The number of primary amides is 1. The lowest BCUT2D eigenvalue weighted by molar-refractivity contribution is 0.100. The van der Waals surface area contributed by atoms with Crippen LogP contribution in [0.15, 0.2) is 24.3 Å². The highest BCUT2D eigenvalue weighted by Crippen LogP contribution is 2.58. The van der Waals surface area contributed by atoms with E-state index in [0.717, 1.165) is 0 Å². The van der Waals surface area contributed by atoms with E-state index >= 15 is 0 Å². The molecule has 1 amide bonds. The van der Waals surface area contributed by atoms with Crippen molar-refractivity contribution in [3.63, 3.8) is 0 Å². The largest absolute Gasteiger partial charge is 0.366 e. The smallest absolute Gasteiger partial charge is 0.248 e. The van der Waals surface area contributed by atoms with Gasteiger partial charge >= 0.3 is 0 Å². The van der Waals surface area contributed by atoms with Crippen molar-refractivity contribution in [2.45, 2.75) is 26.2 Å². The molecule has 1 fully saturated rings. The minimum atomic E-state index is -0.355. The summed E-state index contributed by atoms with van der Waals surface area (Å²) in [7, 11) is 0. The zero-order chi connectivity index (χ0) is 10.3. The minimum absolute atomic E-state index is 0.355. The van der Waals surface area contributed by atoms with Crippen LogP contribution in [0, 0.1) is 5.41 Å². The van der Waals surface area contributed by atoms with E-state index in [1.54, 1.807) is 0 Å². The number of benzene rings is 1. The molecule has 1 atom stereocenters. The Labute approximate surface area is 84.1 Å². The second-order valence-electron chi connectivity index (χ2n) is 4.73. The van der Waals surface area contributed by atoms with E-state index in [-0.39, 0.29) is 5.91 Å². The van der Waals surface area contributed by atoms with E-state index in [2.05, 4.69) is 13.8 Å². The molecule has 1 aliphatic rings. The van der Waals surface area contributed by atoms with Gasteiger partial charge in [-0.3, -0.25) is 4.79 Å². The van der Waals surface area contributed by atoms with Crippen LogP contribution in [0.5, 0.6) is 0 Å². The molecule has 1 aliphatic carbocycles. The van der Waals surface area contributed by atoms with E-state index in [1.165, 1.54) is 12.0 Å². The molecule has 1 unspecified atom stereocenters. The number of amides is 1. The van der Waals surface area contributed by atoms with E-state index in [4.69, 9.17) is 5.73 Å². The maximum Gasteiger partial charge on any atom is 0.248 e. The van der Waals surface area contributed by atoms with Crippen molar-refractivity contribution >= 4 is 5.91 Å². The first-order valence-electron chi connectivity index (χ1n) is 4.90. The monoisotopic (exact) mass is 189 g/mol. The number of nitrogens with two attached hydrogens (primary N) is 1. The number of hydrogen-bond donors (Lipinski definition) is 1. The number of carbonyl (C=O) groups excluding carboxylic acids is 1. The first-order valence-corrected chi connectivity index (χ1v) is 4.90. The summed E-state index contributed by atoms with van der Waals surface area (Å²) in [5.41, 5.74) is 7.52. The molecule has 1 saturated carbocycles. The molecule has 0 bridgehead atoms. The van der Waals surface area contributed by atoms with E-state index in [1.807, 2.05) is 24.3 Å². The predicted octanol–water partition coefficient (Wildman–Crippen LogP) is 2.30. The fraction of sp³-hybridized carbons (Fsp3) is 0.417. The molecule has 2 heteroatoms. The first kappa shape index (κ1) is 9.25. The van der Waals surface area contributed by atoms with Gasteiger partial charge in [0, 0.05) is 5.56 Å². The van der Waals surface area contributed by atoms with Gasteiger partial charge in [0.2, 0.25) is 5.91 Å². The van der Waals surface area contributed by atoms with Crippen LogP contribution in [0.4, 0.5) is 0 Å². The summed E-state index contributed by atoms with van der Waals surface area (Å²) in [6.07, 6.45) is 1.24. The van der Waals surface area contributed by atoms with Gasteiger partial charge in [-0.15, -0.1) is 0 Å². The molecule has 2 nitrogen and oxygen atoms in total. The topological polar surface area (TPSA) is 43.1 Å². The van der Waals surface area contributed by atoms with Crippen molar-refractivity contribution in [2.24, 2.45) is 11.1 Å². The Bertz CT molecular complexity index is 364. The van der Waals surface area contributed by atoms with Crippen molar-refractivity contribution in [1.29, 1.82) is 0 Å². The zero-order valence-electron chi connectivity index (χ0n) is 8.58. The number of hydrogen-bond acceptors (Lipinski definition) is 1. The lowest BCUT2D eigenvalue weighted by Gasteiger charge is -2.03. The Kier molecular flexibility index (Phi) is 1.88. The van der Waals surface area contributed by atoms with Gasteiger partial charge in [-0.05, 0) is 35.4 Å². The van der Waals surface area contributed by atoms with Crippen LogP contribution in [-0.4, -0.2) is 5.91 Å². The fourth-order valence-corrected chi connectivity index (χ4v) is 1.92. The standard InChI is InChI=1S/C12H15NO/c1-12(2)7-10(12)8-3-5-9(6-4-8)11(13)14/h3-6,10H,7H2,1-2H3,(H2,13,14). The lowest BCUT2D eigenvalue weighted by Crippen LogP contribution is -2.10. The lowest BCUT2D eigenvalue weighted by atomic mass is 10.0. The van der Waals surface area contributed by atoms with E-state index < -0.39 is 0 Å². The van der Waals surface area contributed by atoms with Crippen LogP contribution in [0.2, 0.25) is 0 Å². The SMILES string of the molecule is CC1(C)CC1c1ccc(C(N)=O)cc1. The molecular formula is C12H15NO. The Morgan fingerprint density at radius 3 is 2.21 bits per heavy atom. The van der Waals surface area contributed by atoms with Crippen LogP contribution in [0.1, 0.15) is 42.1 Å². The molecule has 0 aliphatic heterocycles. The minimum Gasteiger partial charge on any atom is -0.366 e. The molecule has 2 rings (SSSR count). The molecule has 0 aromatic heterocycles. The van der Waals surface area contributed by atoms with Crippen molar-refractivity contribution in [3.8, 4) is 0 Å². The van der Waals surface area contributed by atoms with E-state index in [0.29, 0.717) is 16.9 Å². The number of rotatable bonds is 2. The van der Waals surface area contributed by atoms with Crippen LogP contribution < -0.4 is 5.73 Å². The fourth-order valence-electron chi connectivity index (χ4n) is 1.92. The molecule has 0 saturated heterocycles. The van der Waals surface area contributed by atoms with Gasteiger partial charge in [0.05, 0.1) is 0 Å². The predicted molar refractivity (Wildman–Crippen MR) is 56.1 cm³/mol. The van der Waals surface area contributed by atoms with Crippen molar-refractivity contribution in [1.82, 2.24) is 0 Å². The second-order valence-corrected chi connectivity index (χ2v) is 4.73. The molecule has 2 N–H and O–H groups in total. The Hall–Kier alpha value is -1.31. The van der Waals surface area contributed by atoms with Gasteiger partial charge in [-0.2, -0.15) is 0 Å². The van der Waals surface area contributed by atoms with Crippen molar-refractivity contribution < 1.29 is 4.79 Å². The highest BCUT2D eigenvalue weighted by Gasteiger charge is 2.46. The molecule has 1 aromatic rings. The summed E-state index contributed by atoms with van der Waals surface area (Å²) < 4.78 is 0. The maximum atomic E-state index is 10.8. The van der Waals surface area contributed by atoms with Crippen LogP contribution in [-0.2, 0) is 0 Å². The van der Waals surface area contributed by atoms with Crippen LogP contribution in [0.3, 0.4) is 0 Å². The van der Waals surface area contributed by atoms with Crippen LogP contribution in [0.25, 0.3) is 0 Å². The van der Waals surface area contributed by atoms with E-state index in [9.17, 15) is 4.79 Å². The quantitative estimate of drug-likeness (QED) is 0.762. The Morgan fingerprint density at radius 1 is 1.36 bits per heavy atom. The molecule has 1 aromatic carbocycles. The third-order valence-electron chi connectivity index (χ3n) is 3.11. The summed E-state index contributed by atoms with van der Waals surface area (Å²) in [6.45, 7) is 4.53. The average Bonchev–Trinajstić information content (AvgIpc) is 2.75. The molecule has 14 heavy (non-hydrogen) atoms. The average molecular weight is 189 g/mol. The first-order chi connectivity index (χ1) is 6.50. The molecule has 74 valence electrons. The van der Waals surface area contributed by atoms with Crippen LogP contribution >= 0.6 is 0 Å². The summed E-state index contributed by atoms with van der Waals surface area (Å²) in [5.74, 6) is 0.302. The summed E-state index contributed by atoms with van der Waals surface area (Å²) >= 11 is 0. The van der Waals surface area contributed by atoms with Gasteiger partial charge in [-0.1, -0.05) is 26.0 Å². The third-order valence-corrected chi connectivity index (χ3v) is 3.11. The highest BCUT2D eigenvalue weighted by molar-refractivity contribution is 5.92. The summed E-state index contributed by atoms with van der Waals surface area (Å²) in [4.78, 5) is 10.8. The number of carbonyl (C=O) groups is 1. The normalized spacial score (nSPS) is 23.1. The van der Waals surface area contributed by atoms with Gasteiger partial charge in [0.25, 0.3) is 0 Å². The molecule has 0 radical (unpaired) electrons. The molecular weight excluding hydrogens is 174 g/mol. The van der Waals surface area contributed by atoms with Gasteiger partial charge in [-0.25, -0.2) is 0 Å². The second kappa shape index (κ2) is 2.84. The van der Waals surface area contributed by atoms with Crippen molar-refractivity contribution in [2.75, 3.05) is 0 Å². The molecule has 0 spiro atoms. The van der Waals surface area contributed by atoms with Gasteiger partial charge in [0.1, 0.15) is 0 Å². The van der Waals surface area contributed by atoms with Crippen molar-refractivity contribution in [3.05, 3.63) is 35.4 Å². The van der Waals surface area contributed by atoms with Gasteiger partial charge in [0.15, 0.2) is 0 Å². The van der Waals surface area contributed by atoms with Gasteiger partial charge < -0.3 is 5.73 Å². The maximum absolute atomic E-state index is 10.8. The third kappa shape index (κ3) is 1.52. The summed E-state index contributed by atoms with van der Waals surface area (Å²) in [6, 6.07) is 7.65. The Morgan fingerprint density at radius 2 is 1.86 bits per heavy atom. The zero-order valence-corrected chi connectivity index (χ0v) is 8.58.